The molecule has 4 nitrogen and oxygen atoms in total. The van der Waals surface area contributed by atoms with E-state index in [2.05, 4.69) is 42.3 Å². The van der Waals surface area contributed by atoms with Crippen molar-refractivity contribution in [1.82, 2.24) is 9.78 Å². The normalized spacial score (nSPS) is 10.3. The van der Waals surface area contributed by atoms with Crippen molar-refractivity contribution in [1.29, 1.82) is 0 Å². The van der Waals surface area contributed by atoms with E-state index in [4.69, 9.17) is 0 Å². The van der Waals surface area contributed by atoms with Gasteiger partial charge in [0.2, 0.25) is 0 Å². The van der Waals surface area contributed by atoms with Crippen molar-refractivity contribution in [3.05, 3.63) is 45.1 Å². The molecule has 0 aliphatic rings. The lowest BCUT2D eigenvalue weighted by Crippen LogP contribution is -2.11. The van der Waals surface area contributed by atoms with Gasteiger partial charge in [0, 0.05) is 23.4 Å². The van der Waals surface area contributed by atoms with Crippen LogP contribution in [0.15, 0.2) is 39.5 Å². The van der Waals surface area contributed by atoms with Gasteiger partial charge in [0.15, 0.2) is 0 Å². The third-order valence-electron chi connectivity index (χ3n) is 2.13. The first kappa shape index (κ1) is 12.3. The Hall–Kier alpha value is -1.14. The van der Waals surface area contributed by atoms with E-state index in [1.165, 1.54) is 0 Å². The summed E-state index contributed by atoms with van der Waals surface area (Å²) in [6.07, 6.45) is 1.66. The third-order valence-corrected chi connectivity index (χ3v) is 3.24. The van der Waals surface area contributed by atoms with Crippen molar-refractivity contribution in [3.8, 4) is 0 Å². The van der Waals surface area contributed by atoms with Crippen molar-refractivity contribution in [2.75, 3.05) is 5.32 Å². The third kappa shape index (κ3) is 2.95. The highest BCUT2D eigenvalue weighted by atomic mass is 79.9. The summed E-state index contributed by atoms with van der Waals surface area (Å²) in [5, 5.41) is 6.85. The predicted octanol–water partition coefficient (Wildman–Crippen LogP) is 3.20. The smallest absolute Gasteiger partial charge is 0.260 e. The number of carbonyl (C=O) groups is 1. The number of amides is 1. The number of carbonyl (C=O) groups excluding carboxylic acids is 1. The number of anilines is 1. The molecule has 1 N–H and O–H groups in total. The molecule has 1 amide bonds. The molecule has 1 heterocycles. The first-order valence-corrected chi connectivity index (χ1v) is 6.41. The Morgan fingerprint density at radius 2 is 1.94 bits per heavy atom. The maximum absolute atomic E-state index is 11.9. The number of nitrogens with zero attached hydrogens (tertiary/aromatic N) is 2. The lowest BCUT2D eigenvalue weighted by atomic mass is 10.3. The van der Waals surface area contributed by atoms with Crippen LogP contribution < -0.4 is 5.32 Å². The summed E-state index contributed by atoms with van der Waals surface area (Å²) in [4.78, 5) is 11.9. The molecule has 0 spiro atoms. The van der Waals surface area contributed by atoms with Gasteiger partial charge in [0.1, 0.15) is 4.60 Å². The largest absolute Gasteiger partial charge is 0.322 e. The molecule has 6 heteroatoms. The molecule has 0 fully saturated rings. The van der Waals surface area contributed by atoms with Gasteiger partial charge in [-0.1, -0.05) is 15.9 Å². The second-order valence-corrected chi connectivity index (χ2v) is 5.14. The standard InChI is InChI=1S/C11H9Br2N3O/c1-16-6-9(10(13)15-16)11(17)14-8-4-2-7(12)3-5-8/h2-6H,1H3,(H,14,17). The van der Waals surface area contributed by atoms with Gasteiger partial charge in [-0.25, -0.2) is 0 Å². The molecule has 0 bridgehead atoms. The van der Waals surface area contributed by atoms with Crippen LogP contribution in [0.3, 0.4) is 0 Å². The molecule has 0 atom stereocenters. The lowest BCUT2D eigenvalue weighted by molar-refractivity contribution is 0.102. The summed E-state index contributed by atoms with van der Waals surface area (Å²) in [6, 6.07) is 7.39. The van der Waals surface area contributed by atoms with Gasteiger partial charge in [-0.2, -0.15) is 5.10 Å². The number of hydrogen-bond acceptors (Lipinski definition) is 2. The van der Waals surface area contributed by atoms with E-state index < -0.39 is 0 Å². The molecule has 0 radical (unpaired) electrons. The second-order valence-electron chi connectivity index (χ2n) is 3.47. The fourth-order valence-electron chi connectivity index (χ4n) is 1.35. The minimum atomic E-state index is -0.188. The Morgan fingerprint density at radius 3 is 2.47 bits per heavy atom. The van der Waals surface area contributed by atoms with Crippen molar-refractivity contribution < 1.29 is 4.79 Å². The topological polar surface area (TPSA) is 46.9 Å². The molecule has 0 saturated carbocycles. The van der Waals surface area contributed by atoms with Crippen molar-refractivity contribution >= 4 is 43.5 Å². The van der Waals surface area contributed by atoms with Crippen LogP contribution in [0.1, 0.15) is 10.4 Å². The van der Waals surface area contributed by atoms with E-state index in [1.54, 1.807) is 17.9 Å². The molecule has 0 unspecified atom stereocenters. The van der Waals surface area contributed by atoms with Gasteiger partial charge in [-0.3, -0.25) is 9.48 Å². The maximum Gasteiger partial charge on any atom is 0.260 e. The zero-order valence-corrected chi connectivity index (χ0v) is 12.1. The van der Waals surface area contributed by atoms with Crippen molar-refractivity contribution in [2.24, 2.45) is 7.05 Å². The SMILES string of the molecule is Cn1cc(C(=O)Nc2ccc(Br)cc2)c(Br)n1. The number of aryl methyl sites for hydroxylation is 1. The summed E-state index contributed by atoms with van der Waals surface area (Å²) in [7, 11) is 1.77. The Labute approximate surface area is 115 Å². The number of aromatic nitrogens is 2. The van der Waals surface area contributed by atoms with Crippen LogP contribution in [0.5, 0.6) is 0 Å². The van der Waals surface area contributed by atoms with Crippen LogP contribution in [-0.2, 0) is 7.05 Å². The Kier molecular flexibility index (Phi) is 3.63. The van der Waals surface area contributed by atoms with Crippen molar-refractivity contribution in [2.45, 2.75) is 0 Å². The summed E-state index contributed by atoms with van der Waals surface area (Å²) in [5.74, 6) is -0.188. The van der Waals surface area contributed by atoms with Crippen molar-refractivity contribution in [3.63, 3.8) is 0 Å². The monoisotopic (exact) mass is 357 g/mol. The maximum atomic E-state index is 11.9. The average molecular weight is 359 g/mol. The minimum Gasteiger partial charge on any atom is -0.322 e. The highest BCUT2D eigenvalue weighted by Gasteiger charge is 2.13. The fraction of sp³-hybridized carbons (Fsp3) is 0.0909. The molecule has 0 saturated heterocycles. The Bertz CT molecular complexity index is 548. The zero-order valence-electron chi connectivity index (χ0n) is 8.95. The molecule has 88 valence electrons. The summed E-state index contributed by atoms with van der Waals surface area (Å²) < 4.78 is 3.09. The average Bonchev–Trinajstić information content (AvgIpc) is 2.61. The Morgan fingerprint density at radius 1 is 1.29 bits per heavy atom. The number of halogens is 2. The van der Waals surface area contributed by atoms with Gasteiger partial charge in [-0.15, -0.1) is 0 Å². The number of benzene rings is 1. The molecule has 0 aliphatic carbocycles. The van der Waals surface area contributed by atoms with E-state index >= 15 is 0 Å². The molecule has 1 aromatic carbocycles. The van der Waals surface area contributed by atoms with Crippen LogP contribution in [0, 0.1) is 0 Å². The molecular formula is C11H9Br2N3O. The quantitative estimate of drug-likeness (QED) is 0.896. The van der Waals surface area contributed by atoms with Crippen LogP contribution in [0.2, 0.25) is 0 Å². The molecule has 2 aromatic rings. The van der Waals surface area contributed by atoms with Gasteiger partial charge < -0.3 is 5.32 Å². The second kappa shape index (κ2) is 5.01. The highest BCUT2D eigenvalue weighted by Crippen LogP contribution is 2.18. The van der Waals surface area contributed by atoms with Gasteiger partial charge >= 0.3 is 0 Å². The molecule has 17 heavy (non-hydrogen) atoms. The van der Waals surface area contributed by atoms with Gasteiger partial charge in [0.25, 0.3) is 5.91 Å². The molecule has 1 aromatic heterocycles. The molecule has 2 rings (SSSR count). The van der Waals surface area contributed by atoms with E-state index in [-0.39, 0.29) is 5.91 Å². The zero-order chi connectivity index (χ0) is 12.4. The van der Waals surface area contributed by atoms with E-state index in [0.29, 0.717) is 10.2 Å². The van der Waals surface area contributed by atoms with Gasteiger partial charge in [-0.05, 0) is 40.2 Å². The van der Waals surface area contributed by atoms with E-state index in [1.807, 2.05) is 24.3 Å². The number of nitrogens with one attached hydrogen (secondary N) is 1. The van der Waals surface area contributed by atoms with Crippen LogP contribution in [0.4, 0.5) is 5.69 Å². The molecule has 0 aliphatic heterocycles. The van der Waals surface area contributed by atoms with Crippen LogP contribution >= 0.6 is 31.9 Å². The summed E-state index contributed by atoms with van der Waals surface area (Å²) >= 11 is 6.58. The van der Waals surface area contributed by atoms with E-state index in [0.717, 1.165) is 10.2 Å². The highest BCUT2D eigenvalue weighted by molar-refractivity contribution is 9.10. The lowest BCUT2D eigenvalue weighted by Gasteiger charge is -2.03. The summed E-state index contributed by atoms with van der Waals surface area (Å²) in [6.45, 7) is 0. The first-order valence-electron chi connectivity index (χ1n) is 4.82. The number of rotatable bonds is 2. The minimum absolute atomic E-state index is 0.188. The van der Waals surface area contributed by atoms with Crippen LogP contribution in [0.25, 0.3) is 0 Å². The Balaban J connectivity index is 2.17. The summed E-state index contributed by atoms with van der Waals surface area (Å²) in [5.41, 5.74) is 1.25. The predicted molar refractivity (Wildman–Crippen MR) is 73.0 cm³/mol. The van der Waals surface area contributed by atoms with Crippen LogP contribution in [-0.4, -0.2) is 15.7 Å². The molecular weight excluding hydrogens is 350 g/mol. The van der Waals surface area contributed by atoms with E-state index in [9.17, 15) is 4.79 Å². The number of hydrogen-bond donors (Lipinski definition) is 1. The fourth-order valence-corrected chi connectivity index (χ4v) is 2.14. The van der Waals surface area contributed by atoms with Gasteiger partial charge in [0.05, 0.1) is 5.56 Å². The first-order chi connectivity index (χ1) is 8.06.